The van der Waals surface area contributed by atoms with Crippen molar-refractivity contribution in [2.24, 2.45) is 7.05 Å². The SMILES string of the molecule is CN(Cc1ccc(F)cc1)S(=O)(=O)c1c(Br)nnn1C. The molecule has 0 fully saturated rings. The highest BCUT2D eigenvalue weighted by molar-refractivity contribution is 9.10. The molecule has 1 aromatic carbocycles. The van der Waals surface area contributed by atoms with Crippen LogP contribution in [0.5, 0.6) is 0 Å². The Hall–Kier alpha value is -1.32. The van der Waals surface area contributed by atoms with Gasteiger partial charge in [0.1, 0.15) is 5.82 Å². The van der Waals surface area contributed by atoms with Crippen LogP contribution in [0.3, 0.4) is 0 Å². The summed E-state index contributed by atoms with van der Waals surface area (Å²) in [5.41, 5.74) is 0.684. The molecule has 0 saturated carbocycles. The van der Waals surface area contributed by atoms with Gasteiger partial charge < -0.3 is 0 Å². The van der Waals surface area contributed by atoms with Gasteiger partial charge >= 0.3 is 0 Å². The van der Waals surface area contributed by atoms with Crippen LogP contribution in [-0.4, -0.2) is 34.8 Å². The van der Waals surface area contributed by atoms with Crippen LogP contribution < -0.4 is 0 Å². The standard InChI is InChI=1S/C11H12BrFN4O2S/c1-16(7-8-3-5-9(13)6-4-8)20(18,19)11-10(12)14-15-17(11)2/h3-6H,7H2,1-2H3. The Morgan fingerprint density at radius 1 is 1.35 bits per heavy atom. The second kappa shape index (κ2) is 5.58. The van der Waals surface area contributed by atoms with Crippen LogP contribution in [0.1, 0.15) is 5.56 Å². The predicted octanol–water partition coefficient (Wildman–Crippen LogP) is 1.54. The molecule has 9 heteroatoms. The van der Waals surface area contributed by atoms with Crippen LogP contribution in [0.25, 0.3) is 0 Å². The Morgan fingerprint density at radius 3 is 2.45 bits per heavy atom. The molecule has 0 N–H and O–H groups in total. The van der Waals surface area contributed by atoms with E-state index in [1.54, 1.807) is 0 Å². The summed E-state index contributed by atoms with van der Waals surface area (Å²) in [6.45, 7) is 0.125. The van der Waals surface area contributed by atoms with Crippen molar-refractivity contribution in [1.82, 2.24) is 19.3 Å². The zero-order valence-corrected chi connectivity index (χ0v) is 13.2. The summed E-state index contributed by atoms with van der Waals surface area (Å²) < 4.78 is 40.2. The lowest BCUT2D eigenvalue weighted by Gasteiger charge is -2.17. The molecule has 2 aromatic rings. The molecule has 0 saturated heterocycles. The molecule has 0 bridgehead atoms. The summed E-state index contributed by atoms with van der Waals surface area (Å²) >= 11 is 3.07. The third-order valence-corrected chi connectivity index (χ3v) is 5.40. The smallest absolute Gasteiger partial charge is 0.235 e. The monoisotopic (exact) mass is 362 g/mol. The number of aromatic nitrogens is 3. The molecule has 0 aliphatic rings. The normalized spacial score (nSPS) is 12.1. The van der Waals surface area contributed by atoms with E-state index in [-0.39, 0.29) is 22.0 Å². The molecular weight excluding hydrogens is 351 g/mol. The molecule has 0 radical (unpaired) electrons. The van der Waals surface area contributed by atoms with Crippen molar-refractivity contribution in [3.8, 4) is 0 Å². The van der Waals surface area contributed by atoms with E-state index in [2.05, 4.69) is 26.2 Å². The van der Waals surface area contributed by atoms with Crippen LogP contribution in [0.4, 0.5) is 4.39 Å². The van der Waals surface area contributed by atoms with E-state index < -0.39 is 10.0 Å². The highest BCUT2D eigenvalue weighted by Crippen LogP contribution is 2.22. The van der Waals surface area contributed by atoms with Gasteiger partial charge in [-0.3, -0.25) is 0 Å². The molecule has 108 valence electrons. The van der Waals surface area contributed by atoms with Gasteiger partial charge in [-0.2, -0.15) is 4.31 Å². The topological polar surface area (TPSA) is 68.1 Å². The van der Waals surface area contributed by atoms with Gasteiger partial charge in [0, 0.05) is 20.6 Å². The molecule has 0 aliphatic heterocycles. The summed E-state index contributed by atoms with van der Waals surface area (Å²) in [5, 5.41) is 7.28. The lowest BCUT2D eigenvalue weighted by atomic mass is 10.2. The average molecular weight is 363 g/mol. The van der Waals surface area contributed by atoms with Crippen molar-refractivity contribution in [2.75, 3.05) is 7.05 Å². The fourth-order valence-corrected chi connectivity index (χ4v) is 3.86. The number of rotatable bonds is 4. The maximum Gasteiger partial charge on any atom is 0.263 e. The molecule has 2 rings (SSSR count). The first-order valence-corrected chi connectivity index (χ1v) is 7.81. The van der Waals surface area contributed by atoms with Crippen molar-refractivity contribution in [3.63, 3.8) is 0 Å². The third-order valence-electron chi connectivity index (χ3n) is 2.71. The van der Waals surface area contributed by atoms with Gasteiger partial charge in [-0.1, -0.05) is 17.3 Å². The minimum atomic E-state index is -3.73. The van der Waals surface area contributed by atoms with Crippen molar-refractivity contribution in [2.45, 2.75) is 11.6 Å². The van der Waals surface area contributed by atoms with Crippen molar-refractivity contribution in [1.29, 1.82) is 0 Å². The molecule has 0 atom stereocenters. The van der Waals surface area contributed by atoms with Gasteiger partial charge in [-0.25, -0.2) is 17.5 Å². The van der Waals surface area contributed by atoms with E-state index in [1.165, 1.54) is 43.0 Å². The molecule has 6 nitrogen and oxygen atoms in total. The highest BCUT2D eigenvalue weighted by atomic mass is 79.9. The molecule has 0 amide bonds. The lowest BCUT2D eigenvalue weighted by molar-refractivity contribution is 0.456. The zero-order chi connectivity index (χ0) is 14.9. The number of hydrogen-bond donors (Lipinski definition) is 0. The second-order valence-corrected chi connectivity index (χ2v) is 6.91. The maximum absolute atomic E-state index is 12.8. The zero-order valence-electron chi connectivity index (χ0n) is 10.8. The number of benzene rings is 1. The minimum Gasteiger partial charge on any atom is -0.235 e. The first-order chi connectivity index (χ1) is 9.32. The van der Waals surface area contributed by atoms with Crippen molar-refractivity contribution < 1.29 is 12.8 Å². The lowest BCUT2D eigenvalue weighted by Crippen LogP contribution is -2.28. The van der Waals surface area contributed by atoms with Gasteiger partial charge in [-0.05, 0) is 33.6 Å². The van der Waals surface area contributed by atoms with E-state index in [0.29, 0.717) is 5.56 Å². The maximum atomic E-state index is 12.8. The minimum absolute atomic E-state index is 0.0258. The largest absolute Gasteiger partial charge is 0.263 e. The van der Waals surface area contributed by atoms with Gasteiger partial charge in [-0.15, -0.1) is 5.10 Å². The fraction of sp³-hybridized carbons (Fsp3) is 0.273. The molecule has 1 heterocycles. The Balaban J connectivity index is 2.28. The van der Waals surface area contributed by atoms with Gasteiger partial charge in [0.25, 0.3) is 10.0 Å². The van der Waals surface area contributed by atoms with Crippen LogP contribution in [0.15, 0.2) is 33.9 Å². The van der Waals surface area contributed by atoms with E-state index in [0.717, 1.165) is 4.31 Å². The third kappa shape index (κ3) is 2.89. The van der Waals surface area contributed by atoms with E-state index >= 15 is 0 Å². The highest BCUT2D eigenvalue weighted by Gasteiger charge is 2.28. The van der Waals surface area contributed by atoms with Crippen molar-refractivity contribution >= 4 is 26.0 Å². The molecule has 1 aromatic heterocycles. The molecule has 20 heavy (non-hydrogen) atoms. The summed E-state index contributed by atoms with van der Waals surface area (Å²) in [7, 11) is -0.796. The van der Waals surface area contributed by atoms with Gasteiger partial charge in [0.15, 0.2) is 4.60 Å². The fourth-order valence-electron chi connectivity index (χ4n) is 1.68. The van der Waals surface area contributed by atoms with Gasteiger partial charge in [0.2, 0.25) is 5.03 Å². The first-order valence-electron chi connectivity index (χ1n) is 5.58. The molecule has 0 unspecified atom stereocenters. The Labute approximate surface area is 124 Å². The second-order valence-electron chi connectivity index (χ2n) is 4.20. The average Bonchev–Trinajstić information content (AvgIpc) is 2.72. The van der Waals surface area contributed by atoms with Crippen LogP contribution in [-0.2, 0) is 23.6 Å². The van der Waals surface area contributed by atoms with Crippen LogP contribution in [0.2, 0.25) is 0 Å². The van der Waals surface area contributed by atoms with Gasteiger partial charge in [0.05, 0.1) is 0 Å². The summed E-state index contributed by atoms with van der Waals surface area (Å²) in [6.07, 6.45) is 0. The molecule has 0 aliphatic carbocycles. The van der Waals surface area contributed by atoms with Crippen LogP contribution >= 0.6 is 15.9 Å². The number of sulfonamides is 1. The quantitative estimate of drug-likeness (QED) is 0.827. The Kier molecular flexibility index (Phi) is 4.21. The van der Waals surface area contributed by atoms with E-state index in [1.807, 2.05) is 0 Å². The van der Waals surface area contributed by atoms with E-state index in [9.17, 15) is 12.8 Å². The Morgan fingerprint density at radius 2 is 1.95 bits per heavy atom. The molecular formula is C11H12BrFN4O2S. The summed E-state index contributed by atoms with van der Waals surface area (Å²) in [5.74, 6) is -0.363. The number of nitrogens with zero attached hydrogens (tertiary/aromatic N) is 4. The van der Waals surface area contributed by atoms with Crippen molar-refractivity contribution in [3.05, 3.63) is 40.2 Å². The van der Waals surface area contributed by atoms with Crippen LogP contribution in [0, 0.1) is 5.82 Å². The first kappa shape index (κ1) is 15.1. The number of halogens is 2. The summed E-state index contributed by atoms with van der Waals surface area (Å²) in [6, 6.07) is 5.66. The molecule has 0 spiro atoms. The summed E-state index contributed by atoms with van der Waals surface area (Å²) in [4.78, 5) is 0. The predicted molar refractivity (Wildman–Crippen MR) is 73.8 cm³/mol. The number of hydrogen-bond acceptors (Lipinski definition) is 4. The van der Waals surface area contributed by atoms with E-state index in [4.69, 9.17) is 0 Å². The Bertz CT molecular complexity index is 695. The number of aryl methyl sites for hydroxylation is 1.